The van der Waals surface area contributed by atoms with Gasteiger partial charge >= 0.3 is 6.03 Å². The van der Waals surface area contributed by atoms with Gasteiger partial charge in [0.15, 0.2) is 5.82 Å². The summed E-state index contributed by atoms with van der Waals surface area (Å²) in [6.45, 7) is 5.22. The number of amides is 3. The van der Waals surface area contributed by atoms with Crippen molar-refractivity contribution in [3.05, 3.63) is 11.3 Å². The highest BCUT2D eigenvalue weighted by atomic mass is 16.2. The van der Waals surface area contributed by atoms with Crippen molar-refractivity contribution in [2.75, 3.05) is 5.32 Å². The number of aromatic nitrogens is 2. The Labute approximate surface area is 92.8 Å². The average Bonchev–Trinajstić information content (AvgIpc) is 2.48. The van der Waals surface area contributed by atoms with E-state index in [0.717, 1.165) is 11.3 Å². The molecule has 1 unspecified atom stereocenters. The standard InChI is InChI=1S/C9H15N5O2/c1-4-5(2)13-14-7(4)12-8(15)6(3)11-9(10)16/h6H,1-3H3,(H3,10,11,16)(H2,12,13,14,15). The van der Waals surface area contributed by atoms with Gasteiger partial charge in [-0.15, -0.1) is 0 Å². The average molecular weight is 225 g/mol. The molecule has 1 rings (SSSR count). The molecule has 0 aromatic carbocycles. The fourth-order valence-corrected chi connectivity index (χ4v) is 1.11. The van der Waals surface area contributed by atoms with Gasteiger partial charge in [-0.3, -0.25) is 9.89 Å². The number of nitrogens with zero attached hydrogens (tertiary/aromatic N) is 1. The second-order valence-electron chi connectivity index (χ2n) is 3.54. The van der Waals surface area contributed by atoms with Gasteiger partial charge < -0.3 is 16.4 Å². The first-order chi connectivity index (χ1) is 7.41. The first-order valence-electron chi connectivity index (χ1n) is 4.80. The van der Waals surface area contributed by atoms with E-state index in [2.05, 4.69) is 20.8 Å². The molecule has 0 fully saturated rings. The van der Waals surface area contributed by atoms with Gasteiger partial charge in [0.05, 0.1) is 0 Å². The summed E-state index contributed by atoms with van der Waals surface area (Å²) < 4.78 is 0. The number of primary amides is 1. The zero-order valence-corrected chi connectivity index (χ0v) is 9.42. The van der Waals surface area contributed by atoms with E-state index in [9.17, 15) is 9.59 Å². The summed E-state index contributed by atoms with van der Waals surface area (Å²) in [4.78, 5) is 22.1. The van der Waals surface area contributed by atoms with Crippen molar-refractivity contribution in [3.8, 4) is 0 Å². The predicted octanol–water partition coefficient (Wildman–Crippen LogP) is 0.0218. The summed E-state index contributed by atoms with van der Waals surface area (Å²) >= 11 is 0. The lowest BCUT2D eigenvalue weighted by molar-refractivity contribution is -0.117. The lowest BCUT2D eigenvalue weighted by Gasteiger charge is -2.11. The largest absolute Gasteiger partial charge is 0.352 e. The van der Waals surface area contributed by atoms with Gasteiger partial charge in [-0.1, -0.05) is 0 Å². The van der Waals surface area contributed by atoms with Crippen LogP contribution in [0.5, 0.6) is 0 Å². The minimum absolute atomic E-state index is 0.367. The molecule has 0 aliphatic rings. The van der Waals surface area contributed by atoms with Gasteiger partial charge in [0.2, 0.25) is 5.91 Å². The molecular formula is C9H15N5O2. The molecule has 0 saturated carbocycles. The smallest absolute Gasteiger partial charge is 0.312 e. The van der Waals surface area contributed by atoms with Gasteiger partial charge in [-0.2, -0.15) is 5.10 Å². The summed E-state index contributed by atoms with van der Waals surface area (Å²) in [6.07, 6.45) is 0. The first-order valence-corrected chi connectivity index (χ1v) is 4.80. The van der Waals surface area contributed by atoms with Crippen molar-refractivity contribution < 1.29 is 9.59 Å². The van der Waals surface area contributed by atoms with E-state index >= 15 is 0 Å². The fraction of sp³-hybridized carbons (Fsp3) is 0.444. The van der Waals surface area contributed by atoms with Crippen LogP contribution in [-0.4, -0.2) is 28.2 Å². The highest BCUT2D eigenvalue weighted by Crippen LogP contribution is 2.13. The van der Waals surface area contributed by atoms with E-state index in [1.807, 2.05) is 13.8 Å². The number of H-pyrrole nitrogens is 1. The number of carbonyl (C=O) groups is 2. The van der Waals surface area contributed by atoms with Crippen LogP contribution >= 0.6 is 0 Å². The van der Waals surface area contributed by atoms with E-state index in [4.69, 9.17) is 5.73 Å². The Hall–Kier alpha value is -2.05. The highest BCUT2D eigenvalue weighted by molar-refractivity contribution is 5.96. The molecule has 0 saturated heterocycles. The van der Waals surface area contributed by atoms with E-state index in [0.29, 0.717) is 5.82 Å². The number of rotatable bonds is 3. The molecule has 0 spiro atoms. The van der Waals surface area contributed by atoms with Crippen molar-refractivity contribution in [1.29, 1.82) is 0 Å². The normalized spacial score (nSPS) is 11.9. The molecule has 3 amide bonds. The second kappa shape index (κ2) is 4.65. The first kappa shape index (κ1) is 12.0. The molecule has 1 heterocycles. The molecule has 1 atom stereocenters. The highest BCUT2D eigenvalue weighted by Gasteiger charge is 2.16. The Morgan fingerprint density at radius 1 is 1.44 bits per heavy atom. The van der Waals surface area contributed by atoms with E-state index in [1.165, 1.54) is 6.92 Å². The molecule has 0 bridgehead atoms. The number of hydrogen-bond donors (Lipinski definition) is 4. The Kier molecular flexibility index (Phi) is 3.49. The molecule has 5 N–H and O–H groups in total. The number of anilines is 1. The summed E-state index contributed by atoms with van der Waals surface area (Å²) in [7, 11) is 0. The van der Waals surface area contributed by atoms with Gasteiger partial charge in [-0.25, -0.2) is 4.79 Å². The molecule has 7 nitrogen and oxygen atoms in total. The monoisotopic (exact) mass is 225 g/mol. The van der Waals surface area contributed by atoms with Crippen molar-refractivity contribution in [2.24, 2.45) is 5.73 Å². The molecule has 0 aliphatic carbocycles. The second-order valence-corrected chi connectivity index (χ2v) is 3.54. The minimum Gasteiger partial charge on any atom is -0.352 e. The number of urea groups is 1. The van der Waals surface area contributed by atoms with Crippen LogP contribution in [-0.2, 0) is 4.79 Å². The molecule has 7 heteroatoms. The van der Waals surface area contributed by atoms with Crippen LogP contribution in [0.1, 0.15) is 18.2 Å². The quantitative estimate of drug-likeness (QED) is 0.581. The lowest BCUT2D eigenvalue weighted by atomic mass is 10.2. The lowest BCUT2D eigenvalue weighted by Crippen LogP contribution is -2.44. The van der Waals surface area contributed by atoms with Crippen molar-refractivity contribution in [3.63, 3.8) is 0 Å². The van der Waals surface area contributed by atoms with Gasteiger partial charge in [0, 0.05) is 11.3 Å². The molecular weight excluding hydrogens is 210 g/mol. The SMILES string of the molecule is Cc1[nH]nc(NC(=O)C(C)NC(N)=O)c1C. The third-order valence-electron chi connectivity index (χ3n) is 2.25. The van der Waals surface area contributed by atoms with E-state index in [-0.39, 0.29) is 5.91 Å². The van der Waals surface area contributed by atoms with Crippen LogP contribution < -0.4 is 16.4 Å². The van der Waals surface area contributed by atoms with Gasteiger partial charge in [0.25, 0.3) is 0 Å². The zero-order chi connectivity index (χ0) is 12.3. The molecule has 1 aromatic heterocycles. The topological polar surface area (TPSA) is 113 Å². The Morgan fingerprint density at radius 2 is 2.06 bits per heavy atom. The van der Waals surface area contributed by atoms with E-state index in [1.54, 1.807) is 0 Å². The minimum atomic E-state index is -0.738. The number of carbonyl (C=O) groups excluding carboxylic acids is 2. The van der Waals surface area contributed by atoms with Crippen molar-refractivity contribution >= 4 is 17.8 Å². The van der Waals surface area contributed by atoms with Gasteiger partial charge in [0.1, 0.15) is 6.04 Å². The van der Waals surface area contributed by atoms with Crippen molar-refractivity contribution in [1.82, 2.24) is 15.5 Å². The van der Waals surface area contributed by atoms with Crippen LogP contribution in [0.3, 0.4) is 0 Å². The van der Waals surface area contributed by atoms with E-state index < -0.39 is 12.1 Å². The predicted molar refractivity (Wildman–Crippen MR) is 58.9 cm³/mol. The molecule has 16 heavy (non-hydrogen) atoms. The summed E-state index contributed by atoms with van der Waals surface area (Å²) in [5, 5.41) is 11.5. The summed E-state index contributed by atoms with van der Waals surface area (Å²) in [5.74, 6) is 0.0917. The fourth-order valence-electron chi connectivity index (χ4n) is 1.11. The van der Waals surface area contributed by atoms with Gasteiger partial charge in [-0.05, 0) is 20.8 Å². The number of aromatic amines is 1. The summed E-state index contributed by atoms with van der Waals surface area (Å²) in [5.41, 5.74) is 6.65. The Balaban J connectivity index is 2.64. The number of aryl methyl sites for hydroxylation is 1. The molecule has 88 valence electrons. The maximum absolute atomic E-state index is 11.6. The molecule has 0 aliphatic heterocycles. The summed E-state index contributed by atoms with van der Waals surface area (Å²) in [6, 6.07) is -1.44. The maximum Gasteiger partial charge on any atom is 0.312 e. The Morgan fingerprint density at radius 3 is 2.50 bits per heavy atom. The molecule has 1 aromatic rings. The van der Waals surface area contributed by atoms with Crippen molar-refractivity contribution in [2.45, 2.75) is 26.8 Å². The number of hydrogen-bond acceptors (Lipinski definition) is 3. The van der Waals surface area contributed by atoms with Crippen LogP contribution in [0, 0.1) is 13.8 Å². The third-order valence-corrected chi connectivity index (χ3v) is 2.25. The Bertz CT molecular complexity index is 412. The maximum atomic E-state index is 11.6. The molecule has 0 radical (unpaired) electrons. The van der Waals surface area contributed by atoms with Crippen LogP contribution in [0.4, 0.5) is 10.6 Å². The van der Waals surface area contributed by atoms with Crippen LogP contribution in [0.2, 0.25) is 0 Å². The zero-order valence-electron chi connectivity index (χ0n) is 9.42. The third kappa shape index (κ3) is 2.72. The van der Waals surface area contributed by atoms with Crippen LogP contribution in [0.25, 0.3) is 0 Å². The number of nitrogens with two attached hydrogens (primary N) is 1. The van der Waals surface area contributed by atoms with Crippen LogP contribution in [0.15, 0.2) is 0 Å². The number of nitrogens with one attached hydrogen (secondary N) is 3.